The van der Waals surface area contributed by atoms with Crippen LogP contribution in [-0.4, -0.2) is 28.7 Å². The van der Waals surface area contributed by atoms with E-state index in [0.717, 1.165) is 45.1 Å². The van der Waals surface area contributed by atoms with Crippen LogP contribution in [0.4, 0.5) is 0 Å². The fraction of sp³-hybridized carbons (Fsp3) is 0.789. The number of fused-ring (bicyclic) bond motifs is 5. The molecule has 3 heteroatoms. The highest BCUT2D eigenvalue weighted by atomic mass is 16.2. The molecule has 0 radical (unpaired) electrons. The highest BCUT2D eigenvalue weighted by Gasteiger charge is 2.59. The average Bonchev–Trinajstić information content (AvgIpc) is 2.70. The van der Waals surface area contributed by atoms with Crippen molar-refractivity contribution in [3.05, 3.63) is 12.2 Å². The lowest BCUT2D eigenvalue weighted by Gasteiger charge is -2.58. The Labute approximate surface area is 133 Å². The largest absolute Gasteiger partial charge is 0.336 e. The number of piperidine rings is 1. The third kappa shape index (κ3) is 1.74. The SMILES string of the molecule is C[C@]12CCC3[C@@H](CCN4C(=O)CC=CC[C@]34C)[C@@H]1CCC2=O. The lowest BCUT2D eigenvalue weighted by molar-refractivity contribution is -0.153. The third-order valence-electron chi connectivity index (χ3n) is 7.54. The average molecular weight is 301 g/mol. The summed E-state index contributed by atoms with van der Waals surface area (Å²) in [7, 11) is 0. The molecule has 3 nitrogen and oxygen atoms in total. The van der Waals surface area contributed by atoms with Crippen molar-refractivity contribution in [2.24, 2.45) is 23.2 Å². The van der Waals surface area contributed by atoms with Gasteiger partial charge in [0.15, 0.2) is 0 Å². The summed E-state index contributed by atoms with van der Waals surface area (Å²) in [5.74, 6) is 2.55. The van der Waals surface area contributed by atoms with Gasteiger partial charge in [-0.15, -0.1) is 0 Å². The number of hydrogen-bond donors (Lipinski definition) is 0. The lowest BCUT2D eigenvalue weighted by atomic mass is 9.53. The van der Waals surface area contributed by atoms with Crippen LogP contribution in [-0.2, 0) is 9.59 Å². The molecule has 3 fully saturated rings. The second-order valence-electron chi connectivity index (χ2n) is 8.37. The summed E-state index contributed by atoms with van der Waals surface area (Å²) in [6.45, 7) is 5.41. The van der Waals surface area contributed by atoms with E-state index >= 15 is 0 Å². The van der Waals surface area contributed by atoms with Gasteiger partial charge in [0.2, 0.25) is 5.91 Å². The van der Waals surface area contributed by atoms with Gasteiger partial charge in [-0.3, -0.25) is 9.59 Å². The van der Waals surface area contributed by atoms with Crippen LogP contribution >= 0.6 is 0 Å². The van der Waals surface area contributed by atoms with Crippen molar-refractivity contribution >= 4 is 11.7 Å². The molecule has 1 saturated heterocycles. The van der Waals surface area contributed by atoms with Crippen molar-refractivity contribution in [1.29, 1.82) is 0 Å². The Hall–Kier alpha value is -1.12. The summed E-state index contributed by atoms with van der Waals surface area (Å²) in [6, 6.07) is 0. The van der Waals surface area contributed by atoms with Crippen molar-refractivity contribution in [2.45, 2.75) is 64.3 Å². The number of ketones is 1. The van der Waals surface area contributed by atoms with E-state index in [4.69, 9.17) is 0 Å². The van der Waals surface area contributed by atoms with Gasteiger partial charge in [0.25, 0.3) is 0 Å². The molecule has 4 aliphatic rings. The first kappa shape index (κ1) is 14.5. The molecule has 2 aliphatic carbocycles. The van der Waals surface area contributed by atoms with E-state index in [1.807, 2.05) is 6.08 Å². The van der Waals surface area contributed by atoms with E-state index in [2.05, 4.69) is 24.8 Å². The van der Waals surface area contributed by atoms with Gasteiger partial charge in [-0.05, 0) is 56.8 Å². The molecule has 1 amide bonds. The molecular formula is C19H27NO2. The summed E-state index contributed by atoms with van der Waals surface area (Å²) in [5, 5.41) is 0. The normalized spacial score (nSPS) is 47.7. The van der Waals surface area contributed by atoms with Crippen molar-refractivity contribution in [2.75, 3.05) is 6.54 Å². The molecular weight excluding hydrogens is 274 g/mol. The van der Waals surface area contributed by atoms with Gasteiger partial charge in [0.05, 0.1) is 0 Å². The molecule has 0 N–H and O–H groups in total. The van der Waals surface area contributed by atoms with Crippen molar-refractivity contribution in [3.63, 3.8) is 0 Å². The van der Waals surface area contributed by atoms with Gasteiger partial charge in [-0.1, -0.05) is 19.1 Å². The Bertz CT molecular complexity index is 554. The Morgan fingerprint density at radius 3 is 2.73 bits per heavy atom. The second-order valence-corrected chi connectivity index (χ2v) is 8.37. The van der Waals surface area contributed by atoms with Crippen LogP contribution < -0.4 is 0 Å². The lowest BCUT2D eigenvalue weighted by Crippen LogP contribution is -2.62. The van der Waals surface area contributed by atoms with Crippen molar-refractivity contribution in [1.82, 2.24) is 4.90 Å². The molecule has 120 valence electrons. The number of carbonyl (C=O) groups is 2. The van der Waals surface area contributed by atoms with Crippen LogP contribution in [0.15, 0.2) is 12.2 Å². The zero-order valence-corrected chi connectivity index (χ0v) is 13.8. The molecule has 2 aliphatic heterocycles. The van der Waals surface area contributed by atoms with Crippen molar-refractivity contribution in [3.8, 4) is 0 Å². The summed E-state index contributed by atoms with van der Waals surface area (Å²) >= 11 is 0. The van der Waals surface area contributed by atoms with Gasteiger partial charge in [0.1, 0.15) is 5.78 Å². The molecule has 0 aromatic rings. The van der Waals surface area contributed by atoms with Gasteiger partial charge < -0.3 is 4.90 Å². The first-order chi connectivity index (χ1) is 10.5. The van der Waals surface area contributed by atoms with E-state index in [9.17, 15) is 9.59 Å². The van der Waals surface area contributed by atoms with E-state index in [1.165, 1.54) is 0 Å². The van der Waals surface area contributed by atoms with E-state index in [1.54, 1.807) is 0 Å². The second kappa shape index (κ2) is 4.69. The van der Waals surface area contributed by atoms with E-state index in [-0.39, 0.29) is 11.0 Å². The fourth-order valence-corrected chi connectivity index (χ4v) is 6.25. The topological polar surface area (TPSA) is 37.4 Å². The summed E-state index contributed by atoms with van der Waals surface area (Å²) in [5.41, 5.74) is -0.0930. The maximum Gasteiger partial charge on any atom is 0.226 e. The standard InChI is InChI=1S/C19H27NO2/c1-18-11-8-15-13(14(18)6-7-16(18)21)9-12-20-17(22)5-3-4-10-19(15,20)2/h3-4,13-15H,5-12H2,1-2H3/t13-,14-,15?,18-,19+/m0/s1. The van der Waals surface area contributed by atoms with Crippen LogP contribution in [0.1, 0.15) is 58.8 Å². The maximum atomic E-state index is 12.5. The van der Waals surface area contributed by atoms with Gasteiger partial charge in [0, 0.05) is 30.3 Å². The van der Waals surface area contributed by atoms with Crippen LogP contribution in [0.25, 0.3) is 0 Å². The minimum atomic E-state index is -0.0652. The quantitative estimate of drug-likeness (QED) is 0.644. The number of nitrogens with zero attached hydrogens (tertiary/aromatic N) is 1. The number of rotatable bonds is 0. The minimum Gasteiger partial charge on any atom is -0.336 e. The first-order valence-corrected chi connectivity index (χ1v) is 8.95. The fourth-order valence-electron chi connectivity index (χ4n) is 6.25. The Morgan fingerprint density at radius 1 is 1.09 bits per heavy atom. The smallest absolute Gasteiger partial charge is 0.226 e. The summed E-state index contributed by atoms with van der Waals surface area (Å²) in [4.78, 5) is 27.1. The minimum absolute atomic E-state index is 0.0278. The first-order valence-electron chi connectivity index (χ1n) is 8.95. The monoisotopic (exact) mass is 301 g/mol. The third-order valence-corrected chi connectivity index (χ3v) is 7.54. The molecule has 1 unspecified atom stereocenters. The predicted molar refractivity (Wildman–Crippen MR) is 85.2 cm³/mol. The highest BCUT2D eigenvalue weighted by Crippen LogP contribution is 2.60. The zero-order chi connectivity index (χ0) is 15.5. The molecule has 5 atom stereocenters. The number of hydrogen-bond acceptors (Lipinski definition) is 2. The Balaban J connectivity index is 1.70. The van der Waals surface area contributed by atoms with Gasteiger partial charge >= 0.3 is 0 Å². The molecule has 0 aromatic carbocycles. The Kier molecular flexibility index (Phi) is 3.08. The van der Waals surface area contributed by atoms with Crippen LogP contribution in [0.5, 0.6) is 0 Å². The highest BCUT2D eigenvalue weighted by molar-refractivity contribution is 5.87. The summed E-state index contributed by atoms with van der Waals surface area (Å²) < 4.78 is 0. The van der Waals surface area contributed by atoms with Gasteiger partial charge in [-0.25, -0.2) is 0 Å². The van der Waals surface area contributed by atoms with Crippen LogP contribution in [0, 0.1) is 23.2 Å². The maximum absolute atomic E-state index is 12.5. The molecule has 22 heavy (non-hydrogen) atoms. The molecule has 2 heterocycles. The molecule has 4 rings (SSSR count). The Morgan fingerprint density at radius 2 is 1.91 bits per heavy atom. The number of carbonyl (C=O) groups excluding carboxylic acids is 2. The predicted octanol–water partition coefficient (Wildman–Crippen LogP) is 3.34. The van der Waals surface area contributed by atoms with E-state index < -0.39 is 0 Å². The molecule has 2 saturated carbocycles. The number of Topliss-reactive ketones (excluding diaryl/α,β-unsaturated/α-hetero) is 1. The van der Waals surface area contributed by atoms with Gasteiger partial charge in [-0.2, -0.15) is 0 Å². The zero-order valence-electron chi connectivity index (χ0n) is 13.8. The summed E-state index contributed by atoms with van der Waals surface area (Å²) in [6.07, 6.45) is 10.9. The molecule has 0 bridgehead atoms. The van der Waals surface area contributed by atoms with Crippen LogP contribution in [0.2, 0.25) is 0 Å². The molecule has 0 spiro atoms. The van der Waals surface area contributed by atoms with Crippen LogP contribution in [0.3, 0.4) is 0 Å². The van der Waals surface area contributed by atoms with E-state index in [0.29, 0.717) is 35.9 Å². The van der Waals surface area contributed by atoms with Crippen molar-refractivity contribution < 1.29 is 9.59 Å². The number of amides is 1. The molecule has 0 aromatic heterocycles.